The Bertz CT molecular complexity index is 647. The molecule has 0 fully saturated rings. The van der Waals surface area contributed by atoms with Gasteiger partial charge >= 0.3 is 5.97 Å². The van der Waals surface area contributed by atoms with Gasteiger partial charge in [0.25, 0.3) is 0 Å². The molecule has 2 rings (SSSR count). The molecule has 0 radical (unpaired) electrons. The number of methoxy groups -OCH3 is 1. The lowest BCUT2D eigenvalue weighted by atomic mass is 10.1. The van der Waals surface area contributed by atoms with Crippen molar-refractivity contribution in [1.82, 2.24) is 0 Å². The number of hydrogen-bond acceptors (Lipinski definition) is 3. The first-order valence-electron chi connectivity index (χ1n) is 6.06. The Labute approximate surface area is 138 Å². The van der Waals surface area contributed by atoms with Gasteiger partial charge in [0.05, 0.1) is 7.11 Å². The summed E-state index contributed by atoms with van der Waals surface area (Å²) in [6, 6.07) is 10.7. The lowest BCUT2D eigenvalue weighted by Crippen LogP contribution is -2.22. The Morgan fingerprint density at radius 1 is 1.19 bits per heavy atom. The Kier molecular flexibility index (Phi) is 5.36. The third kappa shape index (κ3) is 4.04. The number of benzene rings is 2. The zero-order chi connectivity index (χ0) is 15.4. The molecule has 0 saturated heterocycles. The molecule has 2 aromatic rings. The van der Waals surface area contributed by atoms with Crippen LogP contribution in [0.3, 0.4) is 0 Å². The van der Waals surface area contributed by atoms with E-state index in [1.165, 1.54) is 19.2 Å². The number of anilines is 1. The van der Waals surface area contributed by atoms with Crippen molar-refractivity contribution in [2.45, 2.75) is 6.04 Å². The van der Waals surface area contributed by atoms with E-state index in [4.69, 9.17) is 4.74 Å². The van der Waals surface area contributed by atoms with E-state index in [1.807, 2.05) is 24.3 Å². The Balaban J connectivity index is 2.36. The van der Waals surface area contributed by atoms with Gasteiger partial charge in [0.2, 0.25) is 0 Å². The van der Waals surface area contributed by atoms with Crippen LogP contribution in [-0.2, 0) is 9.53 Å². The maximum atomic E-state index is 13.5. The monoisotopic (exact) mass is 415 g/mol. The van der Waals surface area contributed by atoms with Crippen LogP contribution in [0.4, 0.5) is 10.1 Å². The Morgan fingerprint density at radius 3 is 2.48 bits per heavy atom. The molecule has 0 aliphatic heterocycles. The molecule has 2 aromatic carbocycles. The molecular formula is C15H12Br2FNO2. The summed E-state index contributed by atoms with van der Waals surface area (Å²) in [5.74, 6) is -0.913. The summed E-state index contributed by atoms with van der Waals surface area (Å²) in [6.07, 6.45) is 0. The fourth-order valence-corrected chi connectivity index (χ4v) is 2.57. The van der Waals surface area contributed by atoms with Crippen molar-refractivity contribution in [1.29, 1.82) is 0 Å². The number of carbonyl (C=O) groups excluding carboxylic acids is 1. The molecule has 0 amide bonds. The van der Waals surface area contributed by atoms with Gasteiger partial charge < -0.3 is 10.1 Å². The van der Waals surface area contributed by atoms with Gasteiger partial charge in [-0.25, -0.2) is 9.18 Å². The second-order valence-corrected chi connectivity index (χ2v) is 6.04. The minimum Gasteiger partial charge on any atom is -0.467 e. The second kappa shape index (κ2) is 7.04. The SMILES string of the molecule is COC(=O)C(Nc1ccc(Br)cc1)c1cc(F)ccc1Br. The first-order chi connectivity index (χ1) is 10.0. The molecule has 110 valence electrons. The van der Waals surface area contributed by atoms with Crippen molar-refractivity contribution in [2.75, 3.05) is 12.4 Å². The summed E-state index contributed by atoms with van der Waals surface area (Å²) in [7, 11) is 1.30. The van der Waals surface area contributed by atoms with Crippen molar-refractivity contribution in [3.05, 3.63) is 62.8 Å². The number of nitrogens with one attached hydrogen (secondary N) is 1. The lowest BCUT2D eigenvalue weighted by molar-refractivity contribution is -0.141. The number of rotatable bonds is 4. The smallest absolute Gasteiger partial charge is 0.333 e. The van der Waals surface area contributed by atoms with Crippen LogP contribution in [0.2, 0.25) is 0 Å². The number of halogens is 3. The van der Waals surface area contributed by atoms with Crippen LogP contribution >= 0.6 is 31.9 Å². The van der Waals surface area contributed by atoms with Gasteiger partial charge in [0, 0.05) is 20.2 Å². The van der Waals surface area contributed by atoms with Crippen molar-refractivity contribution in [3.8, 4) is 0 Å². The van der Waals surface area contributed by atoms with Crippen molar-refractivity contribution in [3.63, 3.8) is 0 Å². The quantitative estimate of drug-likeness (QED) is 0.735. The van der Waals surface area contributed by atoms with E-state index in [-0.39, 0.29) is 0 Å². The highest BCUT2D eigenvalue weighted by atomic mass is 79.9. The zero-order valence-electron chi connectivity index (χ0n) is 11.1. The topological polar surface area (TPSA) is 38.3 Å². The molecule has 0 heterocycles. The van der Waals surface area contributed by atoms with Gasteiger partial charge in [-0.3, -0.25) is 0 Å². The summed E-state index contributed by atoms with van der Waals surface area (Å²) in [6.45, 7) is 0. The Morgan fingerprint density at radius 2 is 1.86 bits per heavy atom. The van der Waals surface area contributed by atoms with Gasteiger partial charge in [-0.2, -0.15) is 0 Å². The molecule has 0 spiro atoms. The molecule has 3 nitrogen and oxygen atoms in total. The van der Waals surface area contributed by atoms with Crippen LogP contribution in [0.15, 0.2) is 51.4 Å². The normalized spacial score (nSPS) is 11.8. The maximum absolute atomic E-state index is 13.5. The summed E-state index contributed by atoms with van der Waals surface area (Å²) >= 11 is 6.68. The standard InChI is InChI=1S/C15H12Br2FNO2/c1-21-15(20)14(12-8-10(18)4-7-13(12)17)19-11-5-2-9(16)3-6-11/h2-8,14,19H,1H3. The van der Waals surface area contributed by atoms with E-state index in [2.05, 4.69) is 37.2 Å². The highest BCUT2D eigenvalue weighted by Crippen LogP contribution is 2.28. The largest absolute Gasteiger partial charge is 0.467 e. The molecule has 1 N–H and O–H groups in total. The molecule has 0 saturated carbocycles. The highest BCUT2D eigenvalue weighted by molar-refractivity contribution is 9.10. The molecule has 0 aliphatic carbocycles. The molecular weight excluding hydrogens is 405 g/mol. The van der Waals surface area contributed by atoms with Crippen LogP contribution in [0.1, 0.15) is 11.6 Å². The van der Waals surface area contributed by atoms with Gasteiger partial charge in [-0.1, -0.05) is 31.9 Å². The van der Waals surface area contributed by atoms with Crippen molar-refractivity contribution in [2.24, 2.45) is 0 Å². The summed E-state index contributed by atoms with van der Waals surface area (Å²) in [5, 5.41) is 3.05. The number of esters is 1. The highest BCUT2D eigenvalue weighted by Gasteiger charge is 2.24. The zero-order valence-corrected chi connectivity index (χ0v) is 14.2. The van der Waals surface area contributed by atoms with Crippen LogP contribution in [0, 0.1) is 5.82 Å². The lowest BCUT2D eigenvalue weighted by Gasteiger charge is -2.19. The fraction of sp³-hybridized carbons (Fsp3) is 0.133. The predicted molar refractivity (Wildman–Crippen MR) is 86.6 cm³/mol. The van der Waals surface area contributed by atoms with Gasteiger partial charge in [0.1, 0.15) is 5.82 Å². The number of carbonyl (C=O) groups is 1. The molecule has 21 heavy (non-hydrogen) atoms. The molecule has 1 atom stereocenters. The van der Waals surface area contributed by atoms with Gasteiger partial charge in [-0.05, 0) is 42.5 Å². The third-order valence-corrected chi connectivity index (χ3v) is 4.11. The van der Waals surface area contributed by atoms with E-state index in [1.54, 1.807) is 6.07 Å². The molecule has 1 unspecified atom stereocenters. The third-order valence-electron chi connectivity index (χ3n) is 2.86. The van der Waals surface area contributed by atoms with Crippen LogP contribution in [0.5, 0.6) is 0 Å². The van der Waals surface area contributed by atoms with Crippen LogP contribution in [-0.4, -0.2) is 13.1 Å². The average Bonchev–Trinajstić information content (AvgIpc) is 2.48. The number of ether oxygens (including phenoxy) is 1. The summed E-state index contributed by atoms with van der Waals surface area (Å²) < 4.78 is 19.8. The van der Waals surface area contributed by atoms with Crippen molar-refractivity contribution >= 4 is 43.5 Å². The van der Waals surface area contributed by atoms with E-state index < -0.39 is 17.8 Å². The molecule has 0 aliphatic rings. The van der Waals surface area contributed by atoms with Crippen LogP contribution < -0.4 is 5.32 Å². The summed E-state index contributed by atoms with van der Waals surface area (Å²) in [4.78, 5) is 12.0. The van der Waals surface area contributed by atoms with E-state index >= 15 is 0 Å². The van der Waals surface area contributed by atoms with Gasteiger partial charge in [0.15, 0.2) is 6.04 Å². The molecule has 0 aromatic heterocycles. The maximum Gasteiger partial charge on any atom is 0.333 e. The molecule has 0 bridgehead atoms. The minimum atomic E-state index is -0.804. The van der Waals surface area contributed by atoms with Crippen LogP contribution in [0.25, 0.3) is 0 Å². The number of hydrogen-bond donors (Lipinski definition) is 1. The minimum absolute atomic E-state index is 0.417. The van der Waals surface area contributed by atoms with Crippen molar-refractivity contribution < 1.29 is 13.9 Å². The first-order valence-corrected chi connectivity index (χ1v) is 7.64. The van der Waals surface area contributed by atoms with E-state index in [0.29, 0.717) is 10.0 Å². The summed E-state index contributed by atoms with van der Waals surface area (Å²) in [5.41, 5.74) is 1.20. The van der Waals surface area contributed by atoms with E-state index in [9.17, 15) is 9.18 Å². The molecule has 6 heteroatoms. The average molecular weight is 417 g/mol. The Hall–Kier alpha value is -1.40. The van der Waals surface area contributed by atoms with Gasteiger partial charge in [-0.15, -0.1) is 0 Å². The second-order valence-electron chi connectivity index (χ2n) is 4.27. The fourth-order valence-electron chi connectivity index (χ4n) is 1.83. The predicted octanol–water partition coefficient (Wildman–Crippen LogP) is 4.68. The first kappa shape index (κ1) is 16.0. The van der Waals surface area contributed by atoms with E-state index in [0.717, 1.165) is 10.2 Å².